The molecule has 0 aliphatic carbocycles. The zero-order valence-electron chi connectivity index (χ0n) is 18.4. The second-order valence-corrected chi connectivity index (χ2v) is 10.4. The van der Waals surface area contributed by atoms with Gasteiger partial charge in [-0.1, -0.05) is 65.8 Å². The van der Waals surface area contributed by atoms with Crippen molar-refractivity contribution >= 4 is 16.5 Å². The second-order valence-electron chi connectivity index (χ2n) is 10.4. The molecule has 2 heteroatoms. The lowest BCUT2D eigenvalue weighted by molar-refractivity contribution is 0.586. The van der Waals surface area contributed by atoms with Gasteiger partial charge in [-0.2, -0.15) is 5.26 Å². The highest BCUT2D eigenvalue weighted by atomic mass is 15.1. The SMILES string of the molecule is CC(C)(C)c1cc2c3c(cc(C(C)(C)C)cc3c1)CN(c1ccc(C#N)cc1)C2. The van der Waals surface area contributed by atoms with E-state index in [9.17, 15) is 0 Å². The monoisotopic (exact) mass is 382 g/mol. The quantitative estimate of drug-likeness (QED) is 0.461. The Balaban J connectivity index is 1.90. The molecule has 0 N–H and O–H groups in total. The van der Waals surface area contributed by atoms with Crippen LogP contribution < -0.4 is 4.90 Å². The molecule has 0 unspecified atom stereocenters. The van der Waals surface area contributed by atoms with E-state index >= 15 is 0 Å². The first-order valence-corrected chi connectivity index (χ1v) is 10.4. The number of hydrogen-bond donors (Lipinski definition) is 0. The lowest BCUT2D eigenvalue weighted by atomic mass is 9.79. The molecular weight excluding hydrogens is 352 g/mol. The van der Waals surface area contributed by atoms with Gasteiger partial charge in [-0.25, -0.2) is 0 Å². The van der Waals surface area contributed by atoms with E-state index in [1.165, 1.54) is 38.7 Å². The first-order chi connectivity index (χ1) is 13.6. The van der Waals surface area contributed by atoms with Crippen LogP contribution in [-0.2, 0) is 23.9 Å². The minimum Gasteiger partial charge on any atom is -0.363 e. The molecule has 1 aliphatic rings. The fourth-order valence-corrected chi connectivity index (χ4v) is 4.21. The smallest absolute Gasteiger partial charge is 0.0991 e. The van der Waals surface area contributed by atoms with Crippen molar-refractivity contribution in [2.75, 3.05) is 4.90 Å². The zero-order valence-corrected chi connectivity index (χ0v) is 18.4. The Morgan fingerprint density at radius 3 is 1.66 bits per heavy atom. The van der Waals surface area contributed by atoms with Crippen molar-refractivity contribution in [3.8, 4) is 6.07 Å². The van der Waals surface area contributed by atoms with E-state index in [0.717, 1.165) is 13.1 Å². The summed E-state index contributed by atoms with van der Waals surface area (Å²) in [6.45, 7) is 15.5. The fourth-order valence-electron chi connectivity index (χ4n) is 4.21. The third kappa shape index (κ3) is 3.62. The Morgan fingerprint density at radius 2 is 1.24 bits per heavy atom. The van der Waals surface area contributed by atoms with Crippen LogP contribution in [0.3, 0.4) is 0 Å². The number of rotatable bonds is 1. The normalized spacial score (nSPS) is 14.2. The van der Waals surface area contributed by atoms with Gasteiger partial charge >= 0.3 is 0 Å². The first kappa shape index (κ1) is 19.5. The average Bonchev–Trinajstić information content (AvgIpc) is 2.66. The molecule has 0 amide bonds. The zero-order chi connectivity index (χ0) is 21.0. The molecule has 4 rings (SSSR count). The molecule has 2 nitrogen and oxygen atoms in total. The maximum atomic E-state index is 9.12. The maximum Gasteiger partial charge on any atom is 0.0991 e. The van der Waals surface area contributed by atoms with Crippen molar-refractivity contribution in [3.63, 3.8) is 0 Å². The van der Waals surface area contributed by atoms with Gasteiger partial charge in [-0.05, 0) is 68.1 Å². The summed E-state index contributed by atoms with van der Waals surface area (Å²) in [7, 11) is 0. The molecule has 3 aromatic carbocycles. The van der Waals surface area contributed by atoms with E-state index in [1.807, 2.05) is 12.1 Å². The molecule has 0 bridgehead atoms. The summed E-state index contributed by atoms with van der Waals surface area (Å²) in [5.41, 5.74) is 7.68. The molecule has 3 aromatic rings. The van der Waals surface area contributed by atoms with Crippen LogP contribution in [0.15, 0.2) is 48.5 Å². The van der Waals surface area contributed by atoms with E-state index in [2.05, 4.69) is 88.9 Å². The lowest BCUT2D eigenvalue weighted by Gasteiger charge is -2.34. The maximum absolute atomic E-state index is 9.12. The molecule has 1 heterocycles. The standard InChI is InChI=1S/C27H30N2/c1-26(2,3)22-11-19-12-23(27(4,5)6)14-21-17-29(16-20(13-22)25(19)21)24-9-7-18(15-28)8-10-24/h7-14H,16-17H2,1-6H3. The van der Waals surface area contributed by atoms with Crippen LogP contribution in [0.1, 0.15) is 69.4 Å². The van der Waals surface area contributed by atoms with E-state index in [1.54, 1.807) is 0 Å². The third-order valence-electron chi connectivity index (χ3n) is 6.03. The number of benzene rings is 3. The van der Waals surface area contributed by atoms with E-state index in [4.69, 9.17) is 5.26 Å². The largest absolute Gasteiger partial charge is 0.363 e. The summed E-state index contributed by atoms with van der Waals surface area (Å²) >= 11 is 0. The summed E-state index contributed by atoms with van der Waals surface area (Å²) in [6.07, 6.45) is 0. The summed E-state index contributed by atoms with van der Waals surface area (Å²) in [6, 6.07) is 19.8. The van der Waals surface area contributed by atoms with Crippen LogP contribution in [0.5, 0.6) is 0 Å². The second kappa shape index (κ2) is 6.63. The first-order valence-electron chi connectivity index (χ1n) is 10.4. The molecule has 0 saturated heterocycles. The molecule has 148 valence electrons. The Morgan fingerprint density at radius 1 is 0.759 bits per heavy atom. The van der Waals surface area contributed by atoms with Gasteiger partial charge in [-0.15, -0.1) is 0 Å². The molecule has 0 spiro atoms. The predicted octanol–water partition coefficient (Wildman–Crippen LogP) is 6.83. The summed E-state index contributed by atoms with van der Waals surface area (Å²) < 4.78 is 0. The molecule has 0 saturated carbocycles. The Kier molecular flexibility index (Phi) is 4.46. The van der Waals surface area contributed by atoms with E-state index < -0.39 is 0 Å². The van der Waals surface area contributed by atoms with Gasteiger partial charge in [0.25, 0.3) is 0 Å². The molecule has 1 aliphatic heterocycles. The minimum atomic E-state index is 0.110. The number of nitrogens with zero attached hydrogens (tertiary/aromatic N) is 2. The van der Waals surface area contributed by atoms with Gasteiger partial charge in [0.05, 0.1) is 11.6 Å². The minimum absolute atomic E-state index is 0.110. The van der Waals surface area contributed by atoms with Crippen LogP contribution in [0, 0.1) is 11.3 Å². The van der Waals surface area contributed by atoms with Gasteiger partial charge in [-0.3, -0.25) is 0 Å². The number of nitriles is 1. The highest BCUT2D eigenvalue weighted by molar-refractivity contribution is 5.92. The molecule has 29 heavy (non-hydrogen) atoms. The Hall–Kier alpha value is -2.79. The Bertz CT molecular complexity index is 1060. The molecule has 0 atom stereocenters. The van der Waals surface area contributed by atoms with Crippen molar-refractivity contribution in [3.05, 3.63) is 76.3 Å². The number of hydrogen-bond acceptors (Lipinski definition) is 2. The van der Waals surface area contributed by atoms with Gasteiger partial charge < -0.3 is 4.90 Å². The van der Waals surface area contributed by atoms with Crippen molar-refractivity contribution in [1.29, 1.82) is 5.26 Å². The van der Waals surface area contributed by atoms with Crippen molar-refractivity contribution in [1.82, 2.24) is 0 Å². The van der Waals surface area contributed by atoms with Crippen LogP contribution >= 0.6 is 0 Å². The van der Waals surface area contributed by atoms with Crippen molar-refractivity contribution in [2.24, 2.45) is 0 Å². The topological polar surface area (TPSA) is 27.0 Å². The van der Waals surface area contributed by atoms with Gasteiger partial charge in [0.2, 0.25) is 0 Å². The van der Waals surface area contributed by atoms with Gasteiger partial charge in [0.1, 0.15) is 0 Å². The summed E-state index contributed by atoms with van der Waals surface area (Å²) in [5, 5.41) is 11.9. The molecule has 0 fully saturated rings. The summed E-state index contributed by atoms with van der Waals surface area (Å²) in [4.78, 5) is 2.43. The van der Waals surface area contributed by atoms with Crippen LogP contribution in [-0.4, -0.2) is 0 Å². The van der Waals surface area contributed by atoms with Crippen LogP contribution in [0.2, 0.25) is 0 Å². The van der Waals surface area contributed by atoms with Crippen molar-refractivity contribution < 1.29 is 0 Å². The van der Waals surface area contributed by atoms with E-state index in [0.29, 0.717) is 5.56 Å². The highest BCUT2D eigenvalue weighted by Gasteiger charge is 2.25. The average molecular weight is 383 g/mol. The van der Waals surface area contributed by atoms with Gasteiger partial charge in [0.15, 0.2) is 0 Å². The molecule has 0 radical (unpaired) electrons. The summed E-state index contributed by atoms with van der Waals surface area (Å²) in [5.74, 6) is 0. The van der Waals surface area contributed by atoms with Gasteiger partial charge in [0, 0.05) is 18.8 Å². The fraction of sp³-hybridized carbons (Fsp3) is 0.370. The molecular formula is C27H30N2. The van der Waals surface area contributed by atoms with Crippen LogP contribution in [0.25, 0.3) is 10.8 Å². The molecule has 0 aromatic heterocycles. The van der Waals surface area contributed by atoms with E-state index in [-0.39, 0.29) is 10.8 Å². The predicted molar refractivity (Wildman–Crippen MR) is 122 cm³/mol. The third-order valence-corrected chi connectivity index (χ3v) is 6.03. The number of anilines is 1. The van der Waals surface area contributed by atoms with Crippen molar-refractivity contribution in [2.45, 2.75) is 65.5 Å². The lowest BCUT2D eigenvalue weighted by Crippen LogP contribution is -2.27. The highest BCUT2D eigenvalue weighted by Crippen LogP contribution is 2.39. The Labute approximate surface area is 174 Å². The van der Waals surface area contributed by atoms with Crippen LogP contribution in [0.4, 0.5) is 5.69 Å².